The van der Waals surface area contributed by atoms with Gasteiger partial charge in [-0.3, -0.25) is 4.79 Å². The summed E-state index contributed by atoms with van der Waals surface area (Å²) < 4.78 is 1.76. The van der Waals surface area contributed by atoms with Crippen LogP contribution in [0.5, 0.6) is 0 Å². The van der Waals surface area contributed by atoms with Gasteiger partial charge >= 0.3 is 0 Å². The zero-order chi connectivity index (χ0) is 15.5. The van der Waals surface area contributed by atoms with Crippen molar-refractivity contribution in [3.05, 3.63) is 40.5 Å². The molecule has 1 amide bonds. The number of aromatic nitrogens is 3. The number of nitrogens with zero attached hydrogens (tertiary/aromatic N) is 3. The molecule has 0 spiro atoms. The predicted molar refractivity (Wildman–Crippen MR) is 87.2 cm³/mol. The van der Waals surface area contributed by atoms with Crippen LogP contribution in [0.25, 0.3) is 16.8 Å². The Balaban J connectivity index is 2.03. The first-order valence-corrected chi connectivity index (χ1v) is 8.06. The van der Waals surface area contributed by atoms with E-state index in [1.165, 1.54) is 11.3 Å². The third kappa shape index (κ3) is 2.70. The van der Waals surface area contributed by atoms with E-state index in [9.17, 15) is 4.79 Å². The van der Waals surface area contributed by atoms with E-state index in [1.54, 1.807) is 10.7 Å². The first kappa shape index (κ1) is 15.0. The van der Waals surface area contributed by atoms with Crippen LogP contribution < -0.4 is 11.1 Å². The van der Waals surface area contributed by atoms with Crippen LogP contribution in [0.2, 0.25) is 0 Å². The maximum absolute atomic E-state index is 12.0. The van der Waals surface area contributed by atoms with Gasteiger partial charge in [-0.2, -0.15) is 5.10 Å². The minimum Gasteiger partial charge on any atom is -0.349 e. The topological polar surface area (TPSA) is 85.3 Å². The third-order valence-corrected chi connectivity index (χ3v) is 4.60. The molecule has 3 aromatic rings. The lowest BCUT2D eigenvalue weighted by Gasteiger charge is -1.98. The number of thiazole rings is 1. The summed E-state index contributed by atoms with van der Waals surface area (Å²) in [5, 5.41) is 7.39. The Bertz CT molecular complexity index is 813. The molecule has 0 fully saturated rings. The average molecular weight is 336 g/mol. The van der Waals surface area contributed by atoms with E-state index >= 15 is 0 Å². The van der Waals surface area contributed by atoms with Crippen LogP contribution in [-0.4, -0.2) is 33.6 Å². The second kappa shape index (κ2) is 6.43. The second-order valence-electron chi connectivity index (χ2n) is 4.56. The molecule has 3 N–H and O–H groups in total. The van der Waals surface area contributed by atoms with Gasteiger partial charge in [0.05, 0.1) is 23.3 Å². The number of amides is 1. The lowest BCUT2D eigenvalue weighted by Crippen LogP contribution is -2.28. The molecule has 0 saturated heterocycles. The van der Waals surface area contributed by atoms with E-state index < -0.39 is 0 Å². The zero-order valence-electron chi connectivity index (χ0n) is 11.6. The quantitative estimate of drug-likeness (QED) is 0.697. The van der Waals surface area contributed by atoms with Crippen molar-refractivity contribution in [2.24, 2.45) is 5.73 Å². The molecule has 0 aliphatic carbocycles. The Hall–Kier alpha value is -1.96. The highest BCUT2D eigenvalue weighted by Crippen LogP contribution is 2.32. The number of hydrogen-bond donors (Lipinski definition) is 2. The van der Waals surface area contributed by atoms with Gasteiger partial charge < -0.3 is 11.1 Å². The lowest BCUT2D eigenvalue weighted by molar-refractivity contribution is 0.0954. The second-order valence-corrected chi connectivity index (χ2v) is 5.91. The van der Waals surface area contributed by atoms with Gasteiger partial charge in [0, 0.05) is 29.7 Å². The number of pyridine rings is 1. The summed E-state index contributed by atoms with van der Waals surface area (Å²) >= 11 is 7.31. The molecular weight excluding hydrogens is 322 g/mol. The van der Waals surface area contributed by atoms with Crippen LogP contribution >= 0.6 is 22.9 Å². The Morgan fingerprint density at radius 2 is 2.32 bits per heavy atom. The van der Waals surface area contributed by atoms with E-state index in [0.717, 1.165) is 16.0 Å². The van der Waals surface area contributed by atoms with Crippen LogP contribution in [0, 0.1) is 0 Å². The molecule has 6 nitrogen and oxygen atoms in total. The van der Waals surface area contributed by atoms with E-state index in [2.05, 4.69) is 15.4 Å². The van der Waals surface area contributed by atoms with Crippen molar-refractivity contribution >= 4 is 34.4 Å². The van der Waals surface area contributed by atoms with Gasteiger partial charge in [0.15, 0.2) is 5.01 Å². The maximum atomic E-state index is 12.0. The SMILES string of the molecule is NCCNC(=O)c1nc(-c2cnn3ccccc23)c(CCl)s1. The summed E-state index contributed by atoms with van der Waals surface area (Å²) in [5.74, 6) is 0.0611. The van der Waals surface area contributed by atoms with Crippen molar-refractivity contribution in [3.63, 3.8) is 0 Å². The Morgan fingerprint density at radius 3 is 3.09 bits per heavy atom. The molecule has 0 bridgehead atoms. The molecule has 0 radical (unpaired) electrons. The summed E-state index contributed by atoms with van der Waals surface area (Å²) in [6.45, 7) is 0.807. The Kier molecular flexibility index (Phi) is 4.37. The lowest BCUT2D eigenvalue weighted by atomic mass is 10.2. The summed E-state index contributed by atoms with van der Waals surface area (Å²) in [6.07, 6.45) is 3.60. The monoisotopic (exact) mass is 335 g/mol. The molecule has 114 valence electrons. The summed E-state index contributed by atoms with van der Waals surface area (Å²) in [4.78, 5) is 17.3. The number of alkyl halides is 1. The maximum Gasteiger partial charge on any atom is 0.280 e. The number of nitrogens with one attached hydrogen (secondary N) is 1. The Morgan fingerprint density at radius 1 is 1.45 bits per heavy atom. The molecule has 0 aliphatic rings. The van der Waals surface area contributed by atoms with Crippen molar-refractivity contribution in [3.8, 4) is 11.3 Å². The third-order valence-electron chi connectivity index (χ3n) is 3.12. The fourth-order valence-electron chi connectivity index (χ4n) is 2.13. The number of hydrogen-bond acceptors (Lipinski definition) is 5. The molecule has 3 aromatic heterocycles. The van der Waals surface area contributed by atoms with Crippen molar-refractivity contribution in [2.45, 2.75) is 5.88 Å². The van der Waals surface area contributed by atoms with E-state index in [4.69, 9.17) is 17.3 Å². The molecule has 0 saturated carbocycles. The first-order chi connectivity index (χ1) is 10.7. The Labute approximate surface area is 135 Å². The number of halogens is 1. The fraction of sp³-hybridized carbons (Fsp3) is 0.214. The van der Waals surface area contributed by atoms with Crippen LogP contribution in [0.3, 0.4) is 0 Å². The van der Waals surface area contributed by atoms with Gasteiger partial charge in [-0.05, 0) is 12.1 Å². The molecular formula is C14H14ClN5OS. The van der Waals surface area contributed by atoms with Crippen molar-refractivity contribution in [1.82, 2.24) is 19.9 Å². The van der Waals surface area contributed by atoms with Gasteiger partial charge in [-0.1, -0.05) is 6.07 Å². The molecule has 0 unspecified atom stereocenters. The number of rotatable bonds is 5. The first-order valence-electron chi connectivity index (χ1n) is 6.71. The van der Waals surface area contributed by atoms with Gasteiger partial charge in [-0.25, -0.2) is 9.50 Å². The predicted octanol–water partition coefficient (Wildman–Crippen LogP) is 1.89. The molecule has 0 atom stereocenters. The van der Waals surface area contributed by atoms with E-state index in [1.807, 2.05) is 24.4 Å². The number of carbonyl (C=O) groups excluding carboxylic acids is 1. The van der Waals surface area contributed by atoms with Crippen LogP contribution in [0.15, 0.2) is 30.6 Å². The molecule has 8 heteroatoms. The summed E-state index contributed by atoms with van der Waals surface area (Å²) in [7, 11) is 0. The van der Waals surface area contributed by atoms with Gasteiger partial charge in [0.1, 0.15) is 0 Å². The number of fused-ring (bicyclic) bond motifs is 1. The normalized spacial score (nSPS) is 11.0. The fourth-order valence-corrected chi connectivity index (χ4v) is 3.26. The summed E-state index contributed by atoms with van der Waals surface area (Å²) in [6, 6.07) is 5.79. The highest BCUT2D eigenvalue weighted by molar-refractivity contribution is 7.14. The molecule has 3 rings (SSSR count). The smallest absolute Gasteiger partial charge is 0.280 e. The molecule has 0 aliphatic heterocycles. The van der Waals surface area contributed by atoms with Crippen molar-refractivity contribution in [2.75, 3.05) is 13.1 Å². The minimum atomic E-state index is -0.232. The minimum absolute atomic E-state index is 0.232. The van der Waals surface area contributed by atoms with Crippen LogP contribution in [-0.2, 0) is 5.88 Å². The van der Waals surface area contributed by atoms with E-state index in [-0.39, 0.29) is 5.91 Å². The number of nitrogens with two attached hydrogens (primary N) is 1. The largest absolute Gasteiger partial charge is 0.349 e. The van der Waals surface area contributed by atoms with Crippen LogP contribution in [0.1, 0.15) is 14.7 Å². The number of carbonyl (C=O) groups is 1. The van der Waals surface area contributed by atoms with Crippen LogP contribution in [0.4, 0.5) is 0 Å². The highest BCUT2D eigenvalue weighted by Gasteiger charge is 2.19. The zero-order valence-corrected chi connectivity index (χ0v) is 13.2. The molecule has 3 heterocycles. The average Bonchev–Trinajstić information content (AvgIpc) is 3.15. The van der Waals surface area contributed by atoms with Crippen molar-refractivity contribution < 1.29 is 4.79 Å². The van der Waals surface area contributed by atoms with Gasteiger partial charge in [0.2, 0.25) is 0 Å². The molecule has 22 heavy (non-hydrogen) atoms. The highest BCUT2D eigenvalue weighted by atomic mass is 35.5. The molecule has 0 aromatic carbocycles. The summed E-state index contributed by atoms with van der Waals surface area (Å²) in [5.41, 5.74) is 7.89. The standard InChI is InChI=1S/C14H14ClN5OS/c15-7-11-12(19-14(22-11)13(21)17-5-4-16)9-8-18-20-6-2-1-3-10(9)20/h1-3,6,8H,4-5,7,16H2,(H,17,21). The van der Waals surface area contributed by atoms with E-state index in [0.29, 0.717) is 29.7 Å². The van der Waals surface area contributed by atoms with Crippen molar-refractivity contribution in [1.29, 1.82) is 0 Å². The van der Waals surface area contributed by atoms with Gasteiger partial charge in [0.25, 0.3) is 5.91 Å². The van der Waals surface area contributed by atoms with Gasteiger partial charge in [-0.15, -0.1) is 22.9 Å².